The number of alkyl halides is 2. The Hall–Kier alpha value is -3.97. The highest BCUT2D eigenvalue weighted by atomic mass is 35.7. The van der Waals surface area contributed by atoms with Crippen molar-refractivity contribution in [2.24, 2.45) is 37.8 Å². The standard InChI is InChI=1S/C15H20N4O4S.C8H16N4.C7H5ClO4S.CH2Cl2/c1-3-11-9-17-19(10-11)15(16-4-2)18-24(22,23)13-7-5-12(6-8-13)14(20)21;1-3-7-5-11-12(6-7)8(9)10-4-2;8-13(11,12)6-3-1-5(2-4-6)7(9)10;2-1-3/h5-9,11H,3-4,10H2,1-2H3,(H,16,18)(H,20,21);5,7H,3-4,6H2,1-2H3,(H2,9,10);1-4H,(H,9,10);1H2. The summed E-state index contributed by atoms with van der Waals surface area (Å²) in [4.78, 5) is 29.3. The highest BCUT2D eigenvalue weighted by Crippen LogP contribution is 2.16. The molecule has 21 heteroatoms. The van der Waals surface area contributed by atoms with E-state index in [1.807, 2.05) is 20.1 Å². The molecule has 2 unspecified atom stereocenters. The fraction of sp³-hybridized carbons (Fsp3) is 0.419. The van der Waals surface area contributed by atoms with Gasteiger partial charge in [0.05, 0.1) is 39.3 Å². The third kappa shape index (κ3) is 15.7. The smallest absolute Gasteiger partial charge is 0.335 e. The average molecular weight is 826 g/mol. The van der Waals surface area contributed by atoms with E-state index < -0.39 is 31.0 Å². The van der Waals surface area contributed by atoms with Gasteiger partial charge in [0.25, 0.3) is 19.1 Å². The van der Waals surface area contributed by atoms with Gasteiger partial charge >= 0.3 is 11.9 Å². The number of aromatic carboxylic acids is 2. The molecule has 0 aromatic heterocycles. The molecule has 0 radical (unpaired) electrons. The van der Waals surface area contributed by atoms with Crippen LogP contribution in [0.2, 0.25) is 0 Å². The molecule has 0 bridgehead atoms. The summed E-state index contributed by atoms with van der Waals surface area (Å²) in [6, 6.07) is 9.63. The van der Waals surface area contributed by atoms with Crippen LogP contribution in [0.25, 0.3) is 0 Å². The van der Waals surface area contributed by atoms with Crippen molar-refractivity contribution in [3.05, 3.63) is 59.7 Å². The number of rotatable bonds is 9. The van der Waals surface area contributed by atoms with Gasteiger partial charge in [0.1, 0.15) is 0 Å². The van der Waals surface area contributed by atoms with E-state index in [0.29, 0.717) is 31.5 Å². The van der Waals surface area contributed by atoms with E-state index in [9.17, 15) is 26.4 Å². The van der Waals surface area contributed by atoms with Crippen LogP contribution in [0.3, 0.4) is 0 Å². The van der Waals surface area contributed by atoms with Gasteiger partial charge in [-0.3, -0.25) is 9.98 Å². The Morgan fingerprint density at radius 3 is 1.56 bits per heavy atom. The summed E-state index contributed by atoms with van der Waals surface area (Å²) in [5, 5.41) is 29.2. The maximum Gasteiger partial charge on any atom is 0.335 e. The maximum atomic E-state index is 12.5. The van der Waals surface area contributed by atoms with E-state index in [0.717, 1.165) is 31.5 Å². The molecule has 2 aromatic rings. The van der Waals surface area contributed by atoms with Gasteiger partial charge < -0.3 is 15.9 Å². The topological polar surface area (TPSA) is 237 Å². The number of nitrogens with two attached hydrogens (primary N) is 1. The number of benzene rings is 2. The van der Waals surface area contributed by atoms with Gasteiger partial charge in [0.2, 0.25) is 11.9 Å². The van der Waals surface area contributed by atoms with Crippen LogP contribution in [0.1, 0.15) is 61.3 Å². The van der Waals surface area contributed by atoms with Crippen molar-refractivity contribution in [3.8, 4) is 0 Å². The predicted octanol–water partition coefficient (Wildman–Crippen LogP) is 4.75. The molecule has 288 valence electrons. The maximum absolute atomic E-state index is 12.5. The zero-order valence-corrected chi connectivity index (χ0v) is 32.8. The lowest BCUT2D eigenvalue weighted by atomic mass is 10.1. The number of hydrogen-bond donors (Lipinski definition) is 4. The van der Waals surface area contributed by atoms with Crippen molar-refractivity contribution in [1.29, 1.82) is 0 Å². The van der Waals surface area contributed by atoms with Crippen molar-refractivity contribution in [2.75, 3.05) is 31.5 Å². The van der Waals surface area contributed by atoms with Gasteiger partial charge in [-0.1, -0.05) is 13.8 Å². The van der Waals surface area contributed by atoms with Crippen LogP contribution in [-0.2, 0) is 19.1 Å². The second-order valence-corrected chi connectivity index (χ2v) is 15.5. The number of nitrogens with one attached hydrogen (secondary N) is 1. The Kier molecular flexibility index (Phi) is 20.2. The highest BCUT2D eigenvalue weighted by molar-refractivity contribution is 8.13. The fourth-order valence-electron chi connectivity index (χ4n) is 4.02. The largest absolute Gasteiger partial charge is 0.478 e. The van der Waals surface area contributed by atoms with Crippen LogP contribution in [0.4, 0.5) is 0 Å². The minimum atomic E-state index is -3.88. The highest BCUT2D eigenvalue weighted by Gasteiger charge is 2.25. The summed E-state index contributed by atoms with van der Waals surface area (Å²) >= 11 is 9.53. The van der Waals surface area contributed by atoms with Gasteiger partial charge in [0.15, 0.2) is 0 Å². The number of hydrogen-bond acceptors (Lipinski definition) is 10. The summed E-state index contributed by atoms with van der Waals surface area (Å²) in [5.74, 6) is -0.741. The molecule has 0 saturated carbocycles. The van der Waals surface area contributed by atoms with E-state index in [2.05, 4.69) is 31.8 Å². The molecule has 0 saturated heterocycles. The molecule has 0 spiro atoms. The van der Waals surface area contributed by atoms with Crippen LogP contribution in [0.15, 0.2) is 78.5 Å². The Morgan fingerprint density at radius 1 is 0.788 bits per heavy atom. The van der Waals surface area contributed by atoms with Gasteiger partial charge in [-0.15, -0.1) is 23.2 Å². The average Bonchev–Trinajstić information content (AvgIpc) is 3.79. The number of carboxylic acid groups (broad SMARTS) is 2. The predicted molar refractivity (Wildman–Crippen MR) is 205 cm³/mol. The Bertz CT molecular complexity index is 1790. The van der Waals surface area contributed by atoms with Gasteiger partial charge in [0, 0.05) is 48.0 Å². The van der Waals surface area contributed by atoms with Crippen molar-refractivity contribution in [2.45, 2.75) is 50.3 Å². The number of hydrazone groups is 2. The lowest BCUT2D eigenvalue weighted by Crippen LogP contribution is -2.41. The van der Waals surface area contributed by atoms with Crippen molar-refractivity contribution >= 4 is 89.2 Å². The minimum Gasteiger partial charge on any atom is -0.478 e. The zero-order valence-electron chi connectivity index (χ0n) is 28.9. The molecule has 2 heterocycles. The normalized spacial score (nSPS) is 16.9. The molecule has 4 rings (SSSR count). The second kappa shape index (κ2) is 22.9. The molecule has 2 aromatic carbocycles. The van der Waals surface area contributed by atoms with Crippen molar-refractivity contribution in [1.82, 2.24) is 14.7 Å². The summed E-state index contributed by atoms with van der Waals surface area (Å²) in [6.07, 6.45) is 5.74. The third-order valence-corrected chi connectivity index (χ3v) is 9.57. The molecule has 2 aliphatic heterocycles. The first kappa shape index (κ1) is 46.1. The quantitative estimate of drug-likeness (QED) is 0.117. The third-order valence-electron chi connectivity index (χ3n) is 6.85. The number of carbonyl (C=O) groups is 2. The first-order chi connectivity index (χ1) is 24.5. The van der Waals surface area contributed by atoms with E-state index in [1.54, 1.807) is 18.1 Å². The van der Waals surface area contributed by atoms with Crippen LogP contribution in [0, 0.1) is 11.8 Å². The number of sulfonamides is 1. The van der Waals surface area contributed by atoms with Crippen LogP contribution >= 0.6 is 33.9 Å². The number of nitrogens with zero attached hydrogens (tertiary/aromatic N) is 6. The lowest BCUT2D eigenvalue weighted by molar-refractivity contribution is 0.0686. The summed E-state index contributed by atoms with van der Waals surface area (Å²) in [6.45, 7) is 10.5. The first-order valence-corrected chi connectivity index (χ1v) is 20.6. The first-order valence-electron chi connectivity index (χ1n) is 15.7. The molecule has 0 amide bonds. The summed E-state index contributed by atoms with van der Waals surface area (Å²) in [5.41, 5.74) is 5.71. The molecule has 2 aliphatic rings. The van der Waals surface area contributed by atoms with Gasteiger partial charge in [-0.25, -0.2) is 41.2 Å². The second-order valence-electron chi connectivity index (χ2n) is 10.5. The molecule has 16 nitrogen and oxygen atoms in total. The fourth-order valence-corrected chi connectivity index (χ4v) is 5.81. The Balaban J connectivity index is 0.000000407. The summed E-state index contributed by atoms with van der Waals surface area (Å²) < 4.78 is 48.9. The van der Waals surface area contributed by atoms with Crippen LogP contribution in [-0.4, -0.2) is 105 Å². The molecule has 52 heavy (non-hydrogen) atoms. The summed E-state index contributed by atoms with van der Waals surface area (Å²) in [7, 11) is -2.63. The van der Waals surface area contributed by atoms with E-state index in [-0.39, 0.29) is 38.1 Å². The van der Waals surface area contributed by atoms with E-state index in [4.69, 9.17) is 49.8 Å². The molecule has 0 fully saturated rings. The zero-order chi connectivity index (χ0) is 39.5. The number of aliphatic imine (C=N–C) groups is 2. The number of guanidine groups is 2. The number of halogens is 3. The van der Waals surface area contributed by atoms with Crippen molar-refractivity contribution < 1.29 is 36.6 Å². The molecule has 0 aliphatic carbocycles. The van der Waals surface area contributed by atoms with Gasteiger partial charge in [-0.2, -0.15) is 10.2 Å². The molecular formula is C31H43Cl3N8O8S2. The molecule has 2 atom stereocenters. The van der Waals surface area contributed by atoms with E-state index in [1.165, 1.54) is 41.4 Å². The van der Waals surface area contributed by atoms with Crippen LogP contribution in [0.5, 0.6) is 0 Å². The Labute approximate surface area is 318 Å². The Morgan fingerprint density at radius 2 is 1.19 bits per heavy atom. The SMILES string of the molecule is CCN=C(N)N1CC(CC)C=N1.CCN=C(NS(=O)(=O)c1ccc(C(=O)O)cc1)N1CC(CC)C=N1.ClCCl.O=C(O)c1ccc(S(=O)(=O)Cl)cc1. The van der Waals surface area contributed by atoms with Crippen molar-refractivity contribution in [3.63, 3.8) is 0 Å². The minimum absolute atomic E-state index is 0.0177. The number of carboxylic acids is 2. The monoisotopic (exact) mass is 824 g/mol. The molecule has 5 N–H and O–H groups in total. The van der Waals surface area contributed by atoms with Gasteiger partial charge in [-0.05, 0) is 75.2 Å². The molecular weight excluding hydrogens is 783 g/mol. The lowest BCUT2D eigenvalue weighted by Gasteiger charge is -2.19. The van der Waals surface area contributed by atoms with Crippen LogP contribution < -0.4 is 10.5 Å². The van der Waals surface area contributed by atoms with E-state index >= 15 is 0 Å².